The van der Waals surface area contributed by atoms with Gasteiger partial charge in [0.2, 0.25) is 5.91 Å². The first-order valence-electron chi connectivity index (χ1n) is 7.39. The lowest BCUT2D eigenvalue weighted by Crippen LogP contribution is -2.38. The summed E-state index contributed by atoms with van der Waals surface area (Å²) in [6, 6.07) is 6.59. The Morgan fingerprint density at radius 3 is 2.14 bits per heavy atom. The van der Waals surface area contributed by atoms with E-state index >= 15 is 0 Å². The minimum absolute atomic E-state index is 0.0555. The molecular weight excluding hydrogens is 266 g/mol. The number of carbonyl (C=O) groups excluding carboxylic acids is 1. The molecule has 0 atom stereocenters. The van der Waals surface area contributed by atoms with Crippen molar-refractivity contribution >= 4 is 11.9 Å². The average molecular weight is 291 g/mol. The highest BCUT2D eigenvalue weighted by Crippen LogP contribution is 2.10. The van der Waals surface area contributed by atoms with Crippen LogP contribution in [0, 0.1) is 11.8 Å². The Morgan fingerprint density at radius 2 is 1.67 bits per heavy atom. The Labute approximate surface area is 126 Å². The van der Waals surface area contributed by atoms with E-state index in [1.165, 1.54) is 6.07 Å². The monoisotopic (exact) mass is 291 g/mol. The lowest BCUT2D eigenvalue weighted by atomic mass is 10.1. The van der Waals surface area contributed by atoms with E-state index in [0.29, 0.717) is 11.8 Å². The molecule has 4 heteroatoms. The van der Waals surface area contributed by atoms with Crippen LogP contribution in [0.25, 0.3) is 0 Å². The molecule has 0 aromatic heterocycles. The van der Waals surface area contributed by atoms with Gasteiger partial charge < -0.3 is 10.0 Å². The van der Waals surface area contributed by atoms with Gasteiger partial charge in [0, 0.05) is 13.1 Å². The summed E-state index contributed by atoms with van der Waals surface area (Å²) in [5.41, 5.74) is 0.969. The number of carboxylic acid groups (broad SMARTS) is 1. The second-order valence-corrected chi connectivity index (χ2v) is 6.27. The molecule has 4 nitrogen and oxygen atoms in total. The fourth-order valence-corrected chi connectivity index (χ4v) is 2.26. The molecule has 0 aliphatic carbocycles. The van der Waals surface area contributed by atoms with Gasteiger partial charge in [0.25, 0.3) is 0 Å². The topological polar surface area (TPSA) is 57.6 Å². The number of hydrogen-bond donors (Lipinski definition) is 1. The van der Waals surface area contributed by atoms with Crippen LogP contribution in [-0.4, -0.2) is 35.0 Å². The van der Waals surface area contributed by atoms with Crippen LogP contribution < -0.4 is 0 Å². The standard InChI is InChI=1S/C17H25NO3/c1-12(2)10-18(11-13(3)4)16(19)9-14-6-5-7-15(8-14)17(20)21/h5-8,12-13H,9-11H2,1-4H3,(H,20,21). The van der Waals surface area contributed by atoms with Crippen molar-refractivity contribution in [2.24, 2.45) is 11.8 Å². The van der Waals surface area contributed by atoms with Gasteiger partial charge >= 0.3 is 5.97 Å². The molecule has 0 spiro atoms. The quantitative estimate of drug-likeness (QED) is 0.840. The zero-order valence-electron chi connectivity index (χ0n) is 13.3. The first-order chi connectivity index (χ1) is 9.79. The van der Waals surface area contributed by atoms with Crippen LogP contribution in [0.5, 0.6) is 0 Å². The summed E-state index contributed by atoms with van der Waals surface area (Å²) in [5.74, 6) is -0.0819. The molecule has 0 unspecified atom stereocenters. The van der Waals surface area contributed by atoms with Crippen molar-refractivity contribution in [3.05, 3.63) is 35.4 Å². The Morgan fingerprint density at radius 1 is 1.10 bits per heavy atom. The summed E-state index contributed by atoms with van der Waals surface area (Å²) >= 11 is 0. The number of amides is 1. The van der Waals surface area contributed by atoms with Crippen LogP contribution in [0.4, 0.5) is 0 Å². The van der Waals surface area contributed by atoms with E-state index in [1.807, 2.05) is 4.90 Å². The van der Waals surface area contributed by atoms with Crippen LogP contribution >= 0.6 is 0 Å². The molecule has 0 fully saturated rings. The Hall–Kier alpha value is -1.84. The number of nitrogens with zero attached hydrogens (tertiary/aromatic N) is 1. The Bertz CT molecular complexity index is 485. The van der Waals surface area contributed by atoms with Crippen molar-refractivity contribution in [2.45, 2.75) is 34.1 Å². The predicted molar refractivity (Wildman–Crippen MR) is 83.4 cm³/mol. The zero-order chi connectivity index (χ0) is 16.0. The molecule has 1 rings (SSSR count). The average Bonchev–Trinajstić information content (AvgIpc) is 2.37. The molecule has 1 amide bonds. The van der Waals surface area contributed by atoms with Crippen LogP contribution in [0.3, 0.4) is 0 Å². The van der Waals surface area contributed by atoms with Gasteiger partial charge in [-0.2, -0.15) is 0 Å². The van der Waals surface area contributed by atoms with Gasteiger partial charge in [0.1, 0.15) is 0 Å². The van der Waals surface area contributed by atoms with Crippen LogP contribution in [0.2, 0.25) is 0 Å². The summed E-state index contributed by atoms with van der Waals surface area (Å²) in [6.45, 7) is 9.82. The molecule has 0 aliphatic rings. The third-order valence-corrected chi connectivity index (χ3v) is 3.05. The van der Waals surface area contributed by atoms with Gasteiger partial charge in [0.15, 0.2) is 0 Å². The number of benzene rings is 1. The van der Waals surface area contributed by atoms with Crippen LogP contribution in [0.15, 0.2) is 24.3 Å². The normalized spacial score (nSPS) is 11.0. The minimum Gasteiger partial charge on any atom is -0.478 e. The smallest absolute Gasteiger partial charge is 0.335 e. The highest BCUT2D eigenvalue weighted by Gasteiger charge is 2.17. The number of aromatic carboxylic acids is 1. The molecule has 0 aliphatic heterocycles. The SMILES string of the molecule is CC(C)CN(CC(C)C)C(=O)Cc1cccc(C(=O)O)c1. The number of carboxylic acids is 1. The molecule has 21 heavy (non-hydrogen) atoms. The third kappa shape index (κ3) is 5.98. The van der Waals surface area contributed by atoms with Crippen molar-refractivity contribution in [2.75, 3.05) is 13.1 Å². The summed E-state index contributed by atoms with van der Waals surface area (Å²) < 4.78 is 0. The molecule has 0 saturated heterocycles. The molecule has 0 radical (unpaired) electrons. The van der Waals surface area contributed by atoms with E-state index < -0.39 is 5.97 Å². The molecule has 0 saturated carbocycles. The van der Waals surface area contributed by atoms with Gasteiger partial charge in [-0.1, -0.05) is 39.8 Å². The van der Waals surface area contributed by atoms with E-state index in [-0.39, 0.29) is 17.9 Å². The van der Waals surface area contributed by atoms with Crippen molar-refractivity contribution in [1.82, 2.24) is 4.90 Å². The molecular formula is C17H25NO3. The Kier molecular flexibility index (Phi) is 6.40. The van der Waals surface area contributed by atoms with Crippen LogP contribution in [0.1, 0.15) is 43.6 Å². The van der Waals surface area contributed by atoms with E-state index in [0.717, 1.165) is 18.7 Å². The third-order valence-electron chi connectivity index (χ3n) is 3.05. The molecule has 116 valence electrons. The number of hydrogen-bond acceptors (Lipinski definition) is 2. The van der Waals surface area contributed by atoms with E-state index in [2.05, 4.69) is 27.7 Å². The zero-order valence-corrected chi connectivity index (χ0v) is 13.3. The van der Waals surface area contributed by atoms with Gasteiger partial charge in [-0.05, 0) is 29.5 Å². The molecule has 0 bridgehead atoms. The van der Waals surface area contributed by atoms with Crippen molar-refractivity contribution in [3.63, 3.8) is 0 Å². The molecule has 1 aromatic carbocycles. The van der Waals surface area contributed by atoms with Crippen molar-refractivity contribution in [1.29, 1.82) is 0 Å². The van der Waals surface area contributed by atoms with Gasteiger partial charge in [-0.3, -0.25) is 4.79 Å². The second-order valence-electron chi connectivity index (χ2n) is 6.27. The summed E-state index contributed by atoms with van der Waals surface area (Å²) in [4.78, 5) is 25.3. The first kappa shape index (κ1) is 17.2. The maximum Gasteiger partial charge on any atom is 0.335 e. The largest absolute Gasteiger partial charge is 0.478 e. The number of rotatable bonds is 7. The van der Waals surface area contributed by atoms with Crippen molar-refractivity contribution in [3.8, 4) is 0 Å². The Balaban J connectivity index is 2.80. The molecule has 1 N–H and O–H groups in total. The summed E-state index contributed by atoms with van der Waals surface area (Å²) in [5, 5.41) is 9.00. The van der Waals surface area contributed by atoms with E-state index in [4.69, 9.17) is 5.11 Å². The van der Waals surface area contributed by atoms with Crippen molar-refractivity contribution < 1.29 is 14.7 Å². The van der Waals surface area contributed by atoms with E-state index in [9.17, 15) is 9.59 Å². The lowest BCUT2D eigenvalue weighted by Gasteiger charge is -2.26. The number of carbonyl (C=O) groups is 2. The maximum atomic E-state index is 12.4. The first-order valence-corrected chi connectivity index (χ1v) is 7.39. The molecule has 1 aromatic rings. The predicted octanol–water partition coefficient (Wildman–Crippen LogP) is 3.07. The summed E-state index contributed by atoms with van der Waals surface area (Å²) in [7, 11) is 0. The van der Waals surface area contributed by atoms with Gasteiger partial charge in [-0.25, -0.2) is 4.79 Å². The highest BCUT2D eigenvalue weighted by molar-refractivity contribution is 5.88. The fourth-order valence-electron chi connectivity index (χ4n) is 2.26. The fraction of sp³-hybridized carbons (Fsp3) is 0.529. The highest BCUT2D eigenvalue weighted by atomic mass is 16.4. The second kappa shape index (κ2) is 7.81. The van der Waals surface area contributed by atoms with Crippen LogP contribution in [-0.2, 0) is 11.2 Å². The van der Waals surface area contributed by atoms with Gasteiger partial charge in [-0.15, -0.1) is 0 Å². The molecule has 0 heterocycles. The maximum absolute atomic E-state index is 12.4. The lowest BCUT2D eigenvalue weighted by molar-refractivity contribution is -0.131. The minimum atomic E-state index is -0.967. The summed E-state index contributed by atoms with van der Waals surface area (Å²) in [6.07, 6.45) is 0.251. The van der Waals surface area contributed by atoms with Gasteiger partial charge in [0.05, 0.1) is 12.0 Å². The van der Waals surface area contributed by atoms with E-state index in [1.54, 1.807) is 18.2 Å².